The van der Waals surface area contributed by atoms with Crippen molar-refractivity contribution in [2.75, 3.05) is 32.6 Å². The standard InChI is InChI=1S/C18H22Cl2N2O/c1-21-11-15(12-7-8-16(19)17(20)10-12)18(23)13-5-4-6-14(9-13)22(2)3/h4-10,15,18,21,23H,11H2,1-3H3/t15-,18-/m1/s1. The van der Waals surface area contributed by atoms with Gasteiger partial charge in [0.1, 0.15) is 0 Å². The second-order valence-corrected chi connectivity index (χ2v) is 6.59. The summed E-state index contributed by atoms with van der Waals surface area (Å²) in [6.07, 6.45) is -0.639. The van der Waals surface area contributed by atoms with Gasteiger partial charge >= 0.3 is 0 Å². The molecular weight excluding hydrogens is 331 g/mol. The summed E-state index contributed by atoms with van der Waals surface area (Å²) >= 11 is 12.1. The van der Waals surface area contributed by atoms with E-state index in [9.17, 15) is 5.11 Å². The van der Waals surface area contributed by atoms with E-state index in [0.29, 0.717) is 16.6 Å². The van der Waals surface area contributed by atoms with Crippen molar-refractivity contribution in [3.05, 3.63) is 63.6 Å². The zero-order chi connectivity index (χ0) is 17.0. The second-order valence-electron chi connectivity index (χ2n) is 5.77. The quantitative estimate of drug-likeness (QED) is 0.821. The van der Waals surface area contributed by atoms with Crippen LogP contribution in [0.25, 0.3) is 0 Å². The molecule has 0 aromatic heterocycles. The number of aliphatic hydroxyl groups is 1. The first-order chi connectivity index (χ1) is 10.9. The van der Waals surface area contributed by atoms with Gasteiger partial charge in [0.2, 0.25) is 0 Å². The van der Waals surface area contributed by atoms with Gasteiger partial charge in [-0.3, -0.25) is 0 Å². The molecule has 0 bridgehead atoms. The summed E-state index contributed by atoms with van der Waals surface area (Å²) in [5.74, 6) is -0.118. The predicted molar refractivity (Wildman–Crippen MR) is 98.9 cm³/mol. The summed E-state index contributed by atoms with van der Waals surface area (Å²) in [7, 11) is 5.83. The molecule has 0 heterocycles. The number of nitrogens with one attached hydrogen (secondary N) is 1. The van der Waals surface area contributed by atoms with Crippen LogP contribution in [0.2, 0.25) is 10.0 Å². The van der Waals surface area contributed by atoms with Crippen molar-refractivity contribution < 1.29 is 5.11 Å². The molecule has 0 unspecified atom stereocenters. The molecule has 2 aromatic rings. The van der Waals surface area contributed by atoms with Crippen molar-refractivity contribution >= 4 is 28.9 Å². The molecule has 3 nitrogen and oxygen atoms in total. The lowest BCUT2D eigenvalue weighted by atomic mass is 9.89. The van der Waals surface area contributed by atoms with Gasteiger partial charge in [-0.05, 0) is 42.4 Å². The summed E-state index contributed by atoms with van der Waals surface area (Å²) in [5, 5.41) is 15.1. The summed E-state index contributed by atoms with van der Waals surface area (Å²) < 4.78 is 0. The third-order valence-electron chi connectivity index (χ3n) is 3.91. The van der Waals surface area contributed by atoms with Gasteiger partial charge in [0.15, 0.2) is 0 Å². The molecule has 0 fully saturated rings. The van der Waals surface area contributed by atoms with E-state index in [1.165, 1.54) is 0 Å². The molecule has 5 heteroatoms. The zero-order valence-electron chi connectivity index (χ0n) is 13.6. The van der Waals surface area contributed by atoms with Crippen molar-refractivity contribution in [1.29, 1.82) is 0 Å². The first-order valence-corrected chi connectivity index (χ1v) is 8.24. The van der Waals surface area contributed by atoms with E-state index in [1.54, 1.807) is 6.07 Å². The SMILES string of the molecule is CNC[C@H](c1ccc(Cl)c(Cl)c1)[C@H](O)c1cccc(N(C)C)c1. The maximum atomic E-state index is 10.9. The van der Waals surface area contributed by atoms with Crippen LogP contribution in [0.1, 0.15) is 23.1 Å². The van der Waals surface area contributed by atoms with Gasteiger partial charge in [0.25, 0.3) is 0 Å². The number of hydrogen-bond acceptors (Lipinski definition) is 3. The lowest BCUT2D eigenvalue weighted by Crippen LogP contribution is -2.23. The second kappa shape index (κ2) is 8.02. The highest BCUT2D eigenvalue weighted by Gasteiger charge is 2.23. The van der Waals surface area contributed by atoms with Gasteiger partial charge < -0.3 is 15.3 Å². The van der Waals surface area contributed by atoms with Crippen LogP contribution in [-0.4, -0.2) is 32.8 Å². The van der Waals surface area contributed by atoms with Gasteiger partial charge in [-0.15, -0.1) is 0 Å². The summed E-state index contributed by atoms with van der Waals surface area (Å²) in [6.45, 7) is 0.630. The van der Waals surface area contributed by atoms with Gasteiger partial charge in [-0.25, -0.2) is 0 Å². The van der Waals surface area contributed by atoms with E-state index in [0.717, 1.165) is 16.8 Å². The Morgan fingerprint density at radius 2 is 1.78 bits per heavy atom. The monoisotopic (exact) mass is 352 g/mol. The molecular formula is C18H22Cl2N2O. The van der Waals surface area contributed by atoms with Crippen LogP contribution in [0.3, 0.4) is 0 Å². The third kappa shape index (κ3) is 4.39. The topological polar surface area (TPSA) is 35.5 Å². The number of nitrogens with zero attached hydrogens (tertiary/aromatic N) is 1. The number of halogens is 2. The number of benzene rings is 2. The Hall–Kier alpha value is -1.26. The molecule has 0 aliphatic heterocycles. The maximum Gasteiger partial charge on any atom is 0.0871 e. The lowest BCUT2D eigenvalue weighted by Gasteiger charge is -2.25. The molecule has 23 heavy (non-hydrogen) atoms. The van der Waals surface area contributed by atoms with E-state index in [1.807, 2.05) is 62.4 Å². The third-order valence-corrected chi connectivity index (χ3v) is 4.64. The molecule has 0 aliphatic rings. The smallest absolute Gasteiger partial charge is 0.0871 e. The van der Waals surface area contributed by atoms with Crippen molar-refractivity contribution in [3.63, 3.8) is 0 Å². The molecule has 2 rings (SSSR count). The first-order valence-electron chi connectivity index (χ1n) is 7.49. The summed E-state index contributed by atoms with van der Waals surface area (Å²) in [6, 6.07) is 13.4. The highest BCUT2D eigenvalue weighted by molar-refractivity contribution is 6.42. The minimum Gasteiger partial charge on any atom is -0.388 e. The Bertz CT molecular complexity index is 661. The van der Waals surface area contributed by atoms with Crippen LogP contribution in [-0.2, 0) is 0 Å². The van der Waals surface area contributed by atoms with Crippen molar-refractivity contribution in [3.8, 4) is 0 Å². The van der Waals surface area contributed by atoms with E-state index in [4.69, 9.17) is 23.2 Å². The molecule has 0 spiro atoms. The Kier molecular flexibility index (Phi) is 6.31. The molecule has 2 atom stereocenters. The number of aliphatic hydroxyl groups excluding tert-OH is 1. The molecule has 0 saturated heterocycles. The van der Waals surface area contributed by atoms with E-state index in [-0.39, 0.29) is 5.92 Å². The molecule has 0 saturated carbocycles. The molecule has 0 amide bonds. The van der Waals surface area contributed by atoms with E-state index in [2.05, 4.69) is 5.32 Å². The van der Waals surface area contributed by atoms with Crippen molar-refractivity contribution in [1.82, 2.24) is 5.32 Å². The summed E-state index contributed by atoms with van der Waals surface area (Å²) in [4.78, 5) is 2.02. The van der Waals surface area contributed by atoms with Crippen LogP contribution in [0.4, 0.5) is 5.69 Å². The van der Waals surface area contributed by atoms with Crippen LogP contribution in [0.5, 0.6) is 0 Å². The molecule has 124 valence electrons. The fourth-order valence-corrected chi connectivity index (χ4v) is 2.90. The van der Waals surface area contributed by atoms with Crippen LogP contribution < -0.4 is 10.2 Å². The van der Waals surface area contributed by atoms with Crippen LogP contribution in [0.15, 0.2) is 42.5 Å². The van der Waals surface area contributed by atoms with Gasteiger partial charge in [-0.2, -0.15) is 0 Å². The fraction of sp³-hybridized carbons (Fsp3) is 0.333. The van der Waals surface area contributed by atoms with Crippen molar-refractivity contribution in [2.24, 2.45) is 0 Å². The average Bonchev–Trinajstić information content (AvgIpc) is 2.55. The molecule has 2 aromatic carbocycles. The Labute approximate surface area is 147 Å². The lowest BCUT2D eigenvalue weighted by molar-refractivity contribution is 0.144. The Morgan fingerprint density at radius 3 is 2.39 bits per heavy atom. The minimum absolute atomic E-state index is 0.118. The largest absolute Gasteiger partial charge is 0.388 e. The first kappa shape index (κ1) is 18.1. The van der Waals surface area contributed by atoms with Gasteiger partial charge in [-0.1, -0.05) is 41.4 Å². The number of anilines is 1. The average molecular weight is 353 g/mol. The minimum atomic E-state index is -0.639. The zero-order valence-corrected chi connectivity index (χ0v) is 15.1. The predicted octanol–water partition coefficient (Wildman–Crippen LogP) is 4.10. The normalized spacial score (nSPS) is 13.7. The van der Waals surface area contributed by atoms with Gasteiger partial charge in [0.05, 0.1) is 16.1 Å². The number of rotatable bonds is 6. The number of hydrogen-bond donors (Lipinski definition) is 2. The highest BCUT2D eigenvalue weighted by atomic mass is 35.5. The van der Waals surface area contributed by atoms with Crippen LogP contribution in [0, 0.1) is 0 Å². The Morgan fingerprint density at radius 1 is 1.04 bits per heavy atom. The highest BCUT2D eigenvalue weighted by Crippen LogP contribution is 2.34. The van der Waals surface area contributed by atoms with Gasteiger partial charge in [0, 0.05) is 32.2 Å². The van der Waals surface area contributed by atoms with Crippen LogP contribution >= 0.6 is 23.2 Å². The summed E-state index contributed by atoms with van der Waals surface area (Å²) in [5.41, 5.74) is 2.89. The van der Waals surface area contributed by atoms with Crippen molar-refractivity contribution in [2.45, 2.75) is 12.0 Å². The van der Waals surface area contributed by atoms with E-state index < -0.39 is 6.10 Å². The molecule has 0 radical (unpaired) electrons. The molecule has 0 aliphatic carbocycles. The Balaban J connectivity index is 2.36. The number of likely N-dealkylation sites (N-methyl/N-ethyl adjacent to an activating group) is 1. The fourth-order valence-electron chi connectivity index (χ4n) is 2.59. The van der Waals surface area contributed by atoms with E-state index >= 15 is 0 Å². The maximum absolute atomic E-state index is 10.9. The molecule has 2 N–H and O–H groups in total.